The van der Waals surface area contributed by atoms with Crippen LogP contribution < -0.4 is 10.0 Å². The summed E-state index contributed by atoms with van der Waals surface area (Å²) in [6.07, 6.45) is 2.35. The molecule has 0 bridgehead atoms. The second kappa shape index (κ2) is 6.72. The molecule has 0 aliphatic carbocycles. The summed E-state index contributed by atoms with van der Waals surface area (Å²) in [6.45, 7) is -4.46. The van der Waals surface area contributed by atoms with Gasteiger partial charge in [-0.1, -0.05) is 18.2 Å². The van der Waals surface area contributed by atoms with Crippen LogP contribution in [0.2, 0.25) is 0 Å². The second-order valence-corrected chi connectivity index (χ2v) is 9.77. The number of nitrogens with one attached hydrogen (secondary N) is 2. The number of amides is 2. The Balaban J connectivity index is 1.54. The van der Waals surface area contributed by atoms with E-state index in [0.29, 0.717) is 19.4 Å². The molecule has 2 saturated heterocycles. The van der Waals surface area contributed by atoms with Crippen molar-refractivity contribution in [3.63, 3.8) is 0 Å². The molecule has 3 aliphatic rings. The standard InChI is InChI=1S/C20H26N4O4S/c1-29(26,27)22-8-11-24-19(25)21-13-20(24)7-10-23-9-6-15-14-4-2-3-5-17(14)28-18(15)16(23)12-20/h2-5,16,22H,6-13H2,1H3,(H,21,25)/t16-,20+/m0/s1/i8D2,11D2. The van der Waals surface area contributed by atoms with E-state index in [1.54, 1.807) is 4.72 Å². The van der Waals surface area contributed by atoms with Gasteiger partial charge in [0.1, 0.15) is 11.3 Å². The van der Waals surface area contributed by atoms with E-state index in [4.69, 9.17) is 9.90 Å². The van der Waals surface area contributed by atoms with Crippen LogP contribution in [0, 0.1) is 0 Å². The van der Waals surface area contributed by atoms with Crippen molar-refractivity contribution in [1.82, 2.24) is 19.8 Å². The molecule has 2 fully saturated rings. The number of sulfonamides is 1. The quantitative estimate of drug-likeness (QED) is 0.778. The van der Waals surface area contributed by atoms with Gasteiger partial charge in [-0.25, -0.2) is 17.9 Å². The zero-order chi connectivity index (χ0) is 23.8. The monoisotopic (exact) mass is 422 g/mol. The number of carbonyl (C=O) groups is 1. The number of urea groups is 1. The molecule has 0 radical (unpaired) electrons. The molecule has 2 amide bonds. The van der Waals surface area contributed by atoms with Gasteiger partial charge in [-0.2, -0.15) is 0 Å². The van der Waals surface area contributed by atoms with Crippen LogP contribution in [0.15, 0.2) is 28.7 Å². The van der Waals surface area contributed by atoms with Gasteiger partial charge in [0.05, 0.1) is 20.6 Å². The van der Waals surface area contributed by atoms with Crippen molar-refractivity contribution in [1.29, 1.82) is 0 Å². The van der Waals surface area contributed by atoms with Crippen molar-refractivity contribution < 1.29 is 23.1 Å². The minimum atomic E-state index is -4.07. The number of rotatable bonds is 4. The lowest BCUT2D eigenvalue weighted by Gasteiger charge is -2.49. The first-order chi connectivity index (χ1) is 15.3. The summed E-state index contributed by atoms with van der Waals surface area (Å²) in [5.41, 5.74) is 0.859. The zero-order valence-electron chi connectivity index (χ0n) is 20.1. The van der Waals surface area contributed by atoms with Crippen LogP contribution in [0.25, 0.3) is 11.0 Å². The Hall–Kier alpha value is -2.10. The maximum absolute atomic E-state index is 12.8. The molecule has 9 heteroatoms. The topological polar surface area (TPSA) is 94.9 Å². The lowest BCUT2D eigenvalue weighted by molar-refractivity contribution is 0.0225. The average Bonchev–Trinajstić information content (AvgIpc) is 3.24. The lowest BCUT2D eigenvalue weighted by atomic mass is 9.79. The number of furan rings is 1. The number of carbonyl (C=O) groups excluding carboxylic acids is 1. The molecule has 156 valence electrons. The maximum atomic E-state index is 12.8. The normalized spacial score (nSPS) is 30.3. The fourth-order valence-corrected chi connectivity index (χ4v) is 5.07. The molecular weight excluding hydrogens is 392 g/mol. The van der Waals surface area contributed by atoms with Gasteiger partial charge in [0, 0.05) is 46.3 Å². The summed E-state index contributed by atoms with van der Waals surface area (Å²) in [4.78, 5) is 16.0. The Morgan fingerprint density at radius 2 is 2.21 bits per heavy atom. The Morgan fingerprint density at radius 3 is 3.03 bits per heavy atom. The molecule has 1 spiro atoms. The van der Waals surface area contributed by atoms with Gasteiger partial charge in [0.15, 0.2) is 0 Å². The first kappa shape index (κ1) is 14.8. The molecule has 5 rings (SSSR count). The number of fused-ring (bicyclic) bond motifs is 5. The largest absolute Gasteiger partial charge is 0.459 e. The highest BCUT2D eigenvalue weighted by molar-refractivity contribution is 7.88. The van der Waals surface area contributed by atoms with Crippen LogP contribution >= 0.6 is 0 Å². The highest BCUT2D eigenvalue weighted by atomic mass is 32.2. The number of benzene rings is 1. The zero-order valence-corrected chi connectivity index (χ0v) is 16.9. The molecule has 2 atom stereocenters. The summed E-state index contributed by atoms with van der Waals surface area (Å²) in [7, 11) is -4.07. The third kappa shape index (κ3) is 3.21. The third-order valence-electron chi connectivity index (χ3n) is 6.21. The van der Waals surface area contributed by atoms with Crippen LogP contribution in [0.4, 0.5) is 4.79 Å². The van der Waals surface area contributed by atoms with Gasteiger partial charge < -0.3 is 14.6 Å². The maximum Gasteiger partial charge on any atom is 0.318 e. The fourth-order valence-electron chi connectivity index (χ4n) is 4.84. The number of hydrogen-bond acceptors (Lipinski definition) is 5. The van der Waals surface area contributed by atoms with E-state index in [0.717, 1.165) is 46.4 Å². The number of para-hydroxylation sites is 1. The fraction of sp³-hybridized carbons (Fsp3) is 0.550. The van der Waals surface area contributed by atoms with E-state index in [1.807, 2.05) is 24.3 Å². The number of piperidine rings is 1. The van der Waals surface area contributed by atoms with Gasteiger partial charge in [0.25, 0.3) is 0 Å². The highest BCUT2D eigenvalue weighted by Crippen LogP contribution is 2.46. The van der Waals surface area contributed by atoms with Crippen molar-refractivity contribution in [2.24, 2.45) is 0 Å². The minimum absolute atomic E-state index is 0.139. The predicted molar refractivity (Wildman–Crippen MR) is 109 cm³/mol. The van der Waals surface area contributed by atoms with Crippen molar-refractivity contribution in [3.8, 4) is 0 Å². The number of nitrogens with zero attached hydrogens (tertiary/aromatic N) is 2. The van der Waals surface area contributed by atoms with Crippen LogP contribution in [0.3, 0.4) is 0 Å². The van der Waals surface area contributed by atoms with Gasteiger partial charge in [-0.15, -0.1) is 0 Å². The minimum Gasteiger partial charge on any atom is -0.459 e. The van der Waals surface area contributed by atoms with E-state index < -0.39 is 34.6 Å². The molecular formula is C20H26N4O4S. The number of hydrogen-bond donors (Lipinski definition) is 2. The summed E-state index contributed by atoms with van der Waals surface area (Å²) in [6, 6.07) is 6.84. The summed E-state index contributed by atoms with van der Waals surface area (Å²) < 4.78 is 64.8. The predicted octanol–water partition coefficient (Wildman–Crippen LogP) is 1.44. The van der Waals surface area contributed by atoms with Crippen LogP contribution in [0.1, 0.15) is 35.7 Å². The van der Waals surface area contributed by atoms with Crippen LogP contribution in [-0.2, 0) is 16.4 Å². The highest BCUT2D eigenvalue weighted by Gasteiger charge is 2.51. The van der Waals surface area contributed by atoms with Gasteiger partial charge in [-0.05, 0) is 25.3 Å². The van der Waals surface area contributed by atoms with Gasteiger partial charge >= 0.3 is 6.03 Å². The van der Waals surface area contributed by atoms with Gasteiger partial charge in [0.2, 0.25) is 10.0 Å². The molecule has 2 N–H and O–H groups in total. The van der Waals surface area contributed by atoms with Gasteiger partial charge in [-0.3, -0.25) is 4.90 Å². The summed E-state index contributed by atoms with van der Waals surface area (Å²) in [5, 5.41) is 3.72. The molecule has 1 aromatic heterocycles. The van der Waals surface area contributed by atoms with E-state index >= 15 is 0 Å². The molecule has 0 unspecified atom stereocenters. The van der Waals surface area contributed by atoms with Crippen LogP contribution in [-0.4, -0.2) is 68.7 Å². The van der Waals surface area contributed by atoms with Crippen molar-refractivity contribution >= 4 is 27.0 Å². The molecule has 1 aromatic carbocycles. The molecule has 8 nitrogen and oxygen atoms in total. The SMILES string of the molecule is [2H]C([2H])(NS(C)(=O)=O)C([2H])([2H])N1C(=O)NC[C@]12CCN1CCc3c(oc4ccccc34)[C@@H]1C2. The van der Waals surface area contributed by atoms with E-state index in [-0.39, 0.29) is 12.6 Å². The van der Waals surface area contributed by atoms with E-state index in [2.05, 4.69) is 10.2 Å². The molecule has 4 heterocycles. The Kier molecular flexibility index (Phi) is 3.43. The van der Waals surface area contributed by atoms with Crippen molar-refractivity contribution in [3.05, 3.63) is 35.6 Å². The van der Waals surface area contributed by atoms with E-state index in [9.17, 15) is 13.2 Å². The smallest absolute Gasteiger partial charge is 0.318 e. The summed E-state index contributed by atoms with van der Waals surface area (Å²) in [5.74, 6) is 0.804. The first-order valence-electron chi connectivity index (χ1n) is 11.7. The van der Waals surface area contributed by atoms with Crippen LogP contribution in [0.5, 0.6) is 0 Å². The van der Waals surface area contributed by atoms with Crippen molar-refractivity contribution in [2.45, 2.75) is 30.8 Å². The Bertz CT molecular complexity index is 1230. The molecule has 0 saturated carbocycles. The lowest BCUT2D eigenvalue weighted by Crippen LogP contribution is -2.57. The van der Waals surface area contributed by atoms with Crippen molar-refractivity contribution in [2.75, 3.05) is 38.9 Å². The Morgan fingerprint density at radius 1 is 1.38 bits per heavy atom. The molecule has 3 aliphatic heterocycles. The average molecular weight is 423 g/mol. The molecule has 2 aromatic rings. The summed E-state index contributed by atoms with van der Waals surface area (Å²) >= 11 is 0. The second-order valence-electron chi connectivity index (χ2n) is 8.03. The van der Waals surface area contributed by atoms with E-state index in [1.165, 1.54) is 0 Å². The first-order valence-corrected chi connectivity index (χ1v) is 11.6. The Labute approximate surface area is 175 Å². The third-order valence-corrected chi connectivity index (χ3v) is 6.68. The molecule has 29 heavy (non-hydrogen) atoms.